The van der Waals surface area contributed by atoms with Gasteiger partial charge in [0, 0.05) is 7.11 Å². The molecule has 3 saturated carbocycles. The van der Waals surface area contributed by atoms with Crippen molar-refractivity contribution >= 4 is 25.4 Å². The van der Waals surface area contributed by atoms with Crippen LogP contribution in [0.5, 0.6) is 0 Å². The number of alkyl carbamates (subject to hydrolysis) is 1. The molecule has 2 aliphatic heterocycles. The first kappa shape index (κ1) is 35.5. The molecular formula is C32H56BN3O7. The topological polar surface area (TPSA) is 115 Å². The Kier molecular flexibility index (Phi) is 12.7. The van der Waals surface area contributed by atoms with Crippen LogP contribution in [-0.2, 0) is 28.4 Å². The fourth-order valence-electron chi connectivity index (χ4n) is 7.22. The minimum Gasteiger partial charge on any atom is -0.444 e. The molecule has 2 heterocycles. The number of nitrogens with zero attached hydrogens (tertiary/aromatic N) is 1. The lowest BCUT2D eigenvalue weighted by molar-refractivity contribution is -0.199. The number of carbonyl (C=O) groups is 3. The van der Waals surface area contributed by atoms with E-state index in [0.717, 1.165) is 57.4 Å². The normalized spacial score (nSPS) is 30.1. The van der Waals surface area contributed by atoms with Crippen LogP contribution >= 0.6 is 0 Å². The van der Waals surface area contributed by atoms with Gasteiger partial charge in [0.1, 0.15) is 11.9 Å². The largest absolute Gasteiger partial charge is 0.481 e. The summed E-state index contributed by atoms with van der Waals surface area (Å²) in [5, 5.41) is 5.61. The Morgan fingerprint density at radius 2 is 1.91 bits per heavy atom. The SMILES string of the molecule is CC(C)(C)OC(=O)NCC=O.COC/C=C/CCCCC(NC(=O)C1CCCN1C)B1OC2CC3CC(C3(C)C)C2(C)O1. The Hall–Kier alpha value is -1.95. The molecule has 0 aromatic heterocycles. The third-order valence-electron chi connectivity index (χ3n) is 9.74. The van der Waals surface area contributed by atoms with Crippen molar-refractivity contribution in [2.45, 2.75) is 122 Å². The van der Waals surface area contributed by atoms with Gasteiger partial charge in [-0.25, -0.2) is 4.79 Å². The summed E-state index contributed by atoms with van der Waals surface area (Å²) in [5.74, 6) is 1.30. The van der Waals surface area contributed by atoms with Crippen molar-refractivity contribution < 1.29 is 33.2 Å². The molecule has 5 rings (SSSR count). The lowest BCUT2D eigenvalue weighted by Gasteiger charge is -2.64. The van der Waals surface area contributed by atoms with E-state index >= 15 is 0 Å². The smallest absolute Gasteiger partial charge is 0.444 e. The highest BCUT2D eigenvalue weighted by Crippen LogP contribution is 2.65. The lowest BCUT2D eigenvalue weighted by atomic mass is 9.43. The van der Waals surface area contributed by atoms with Gasteiger partial charge in [0.15, 0.2) is 0 Å². The molecule has 11 heteroatoms. The molecule has 2 bridgehead atoms. The maximum Gasteiger partial charge on any atom is 0.481 e. The Bertz CT molecular complexity index is 971. The van der Waals surface area contributed by atoms with E-state index in [-0.39, 0.29) is 43.3 Å². The minimum atomic E-state index is -0.565. The third-order valence-corrected chi connectivity index (χ3v) is 9.74. The van der Waals surface area contributed by atoms with Crippen LogP contribution < -0.4 is 10.6 Å². The van der Waals surface area contributed by atoms with Gasteiger partial charge in [0.25, 0.3) is 0 Å². The molecule has 43 heavy (non-hydrogen) atoms. The van der Waals surface area contributed by atoms with Crippen LogP contribution in [0.25, 0.3) is 0 Å². The predicted octanol–water partition coefficient (Wildman–Crippen LogP) is 4.31. The van der Waals surface area contributed by atoms with Crippen molar-refractivity contribution in [1.82, 2.24) is 15.5 Å². The van der Waals surface area contributed by atoms with Gasteiger partial charge in [0.2, 0.25) is 5.91 Å². The highest BCUT2D eigenvalue weighted by molar-refractivity contribution is 6.47. The summed E-state index contributed by atoms with van der Waals surface area (Å²) >= 11 is 0. The number of methoxy groups -OCH3 is 1. The zero-order valence-corrected chi connectivity index (χ0v) is 27.8. The van der Waals surface area contributed by atoms with E-state index in [4.69, 9.17) is 18.8 Å². The number of unbranched alkanes of at least 4 members (excludes halogenated alkanes) is 2. The second-order valence-electron chi connectivity index (χ2n) is 14.4. The molecule has 5 aliphatic rings. The quantitative estimate of drug-likeness (QED) is 0.147. The van der Waals surface area contributed by atoms with Crippen LogP contribution in [0.1, 0.15) is 92.9 Å². The molecule has 3 aliphatic carbocycles. The summed E-state index contributed by atoms with van der Waals surface area (Å²) in [6.45, 7) is 13.9. The maximum absolute atomic E-state index is 13.1. The van der Waals surface area contributed by atoms with Crippen LogP contribution in [0.4, 0.5) is 4.79 Å². The van der Waals surface area contributed by atoms with Crippen molar-refractivity contribution in [1.29, 1.82) is 0 Å². The molecule has 10 nitrogen and oxygen atoms in total. The zero-order valence-electron chi connectivity index (χ0n) is 27.8. The van der Waals surface area contributed by atoms with Crippen LogP contribution in [0.3, 0.4) is 0 Å². The molecule has 0 spiro atoms. The van der Waals surface area contributed by atoms with Gasteiger partial charge in [-0.05, 0) is 103 Å². The van der Waals surface area contributed by atoms with Gasteiger partial charge < -0.3 is 34.2 Å². The summed E-state index contributed by atoms with van der Waals surface area (Å²) in [5.41, 5.74) is -0.421. The number of ether oxygens (including phenoxy) is 2. The van der Waals surface area contributed by atoms with Crippen LogP contribution in [0.2, 0.25) is 0 Å². The Labute approximate surface area is 259 Å². The minimum absolute atomic E-state index is 0.00505. The summed E-state index contributed by atoms with van der Waals surface area (Å²) < 4.78 is 23.2. The zero-order chi connectivity index (χ0) is 31.8. The van der Waals surface area contributed by atoms with E-state index in [0.29, 0.717) is 24.2 Å². The first-order valence-corrected chi connectivity index (χ1v) is 16.1. The Morgan fingerprint density at radius 3 is 2.51 bits per heavy atom. The van der Waals surface area contributed by atoms with Crippen molar-refractivity contribution in [3.05, 3.63) is 12.2 Å². The number of hydrogen-bond donors (Lipinski definition) is 2. The molecule has 0 aromatic rings. The predicted molar refractivity (Wildman–Crippen MR) is 167 cm³/mol. The number of amides is 2. The number of allylic oxidation sites excluding steroid dienone is 1. The van der Waals surface area contributed by atoms with Crippen LogP contribution in [0, 0.1) is 17.3 Å². The molecule has 6 atom stereocenters. The monoisotopic (exact) mass is 605 g/mol. The van der Waals surface area contributed by atoms with Crippen LogP contribution in [0.15, 0.2) is 12.2 Å². The molecule has 6 unspecified atom stereocenters. The third kappa shape index (κ3) is 9.28. The second-order valence-corrected chi connectivity index (χ2v) is 14.4. The summed E-state index contributed by atoms with van der Waals surface area (Å²) in [6, 6.07) is -0.0273. The van der Waals surface area contributed by atoms with E-state index < -0.39 is 11.7 Å². The number of nitrogens with one attached hydrogen (secondary N) is 2. The maximum atomic E-state index is 13.1. The van der Waals surface area contributed by atoms with Crippen LogP contribution in [-0.4, -0.2) is 93.4 Å². The highest BCUT2D eigenvalue weighted by atomic mass is 16.7. The van der Waals surface area contributed by atoms with Crippen molar-refractivity contribution in [3.63, 3.8) is 0 Å². The van der Waals surface area contributed by atoms with Gasteiger partial charge >= 0.3 is 13.2 Å². The standard InChI is InChI=1S/C25H43BN2O4.C7H13NO3/c1-24(2)18-16-20(24)25(3)21(17-18)31-26(32-25)22(13-9-7-6-8-10-15-30-5)27-23(29)19-12-11-14-28(19)4;1-7(2,3)11-6(10)8-4-5-9/h8,10,18-22H,6-7,9,11-17H2,1-5H3,(H,27,29);5H,4H2,1-3H3,(H,8,10)/b10-8+;. The van der Waals surface area contributed by atoms with Crippen molar-refractivity contribution in [2.24, 2.45) is 17.3 Å². The summed E-state index contributed by atoms with van der Waals surface area (Å²) in [7, 11) is 3.41. The fraction of sp³-hybridized carbons (Fsp3) is 0.844. The van der Waals surface area contributed by atoms with Gasteiger partial charge in [-0.1, -0.05) is 32.4 Å². The number of hydrogen-bond acceptors (Lipinski definition) is 8. The van der Waals surface area contributed by atoms with Gasteiger partial charge in [-0.3, -0.25) is 9.69 Å². The van der Waals surface area contributed by atoms with E-state index in [1.807, 2.05) is 7.05 Å². The van der Waals surface area contributed by atoms with E-state index in [1.165, 1.54) is 6.42 Å². The van der Waals surface area contributed by atoms with Gasteiger partial charge in [-0.15, -0.1) is 0 Å². The van der Waals surface area contributed by atoms with Gasteiger partial charge in [-0.2, -0.15) is 0 Å². The molecule has 5 fully saturated rings. The molecular weight excluding hydrogens is 549 g/mol. The molecule has 244 valence electrons. The van der Waals surface area contributed by atoms with Crippen molar-refractivity contribution in [3.8, 4) is 0 Å². The number of aldehydes is 1. The van der Waals surface area contributed by atoms with E-state index in [9.17, 15) is 14.4 Å². The van der Waals surface area contributed by atoms with E-state index in [1.54, 1.807) is 27.9 Å². The average Bonchev–Trinajstić information content (AvgIpc) is 3.52. The van der Waals surface area contributed by atoms with Gasteiger partial charge in [0.05, 0.1) is 36.8 Å². The fourth-order valence-corrected chi connectivity index (χ4v) is 7.22. The Balaban J connectivity index is 0.000000393. The number of likely N-dealkylation sites (N-methyl/N-ethyl adjacent to an activating group) is 1. The molecule has 2 saturated heterocycles. The number of likely N-dealkylation sites (tertiary alicyclic amines) is 1. The van der Waals surface area contributed by atoms with E-state index in [2.05, 4.69) is 48.5 Å². The molecule has 2 amide bonds. The lowest BCUT2D eigenvalue weighted by Crippen LogP contribution is -2.65. The number of carbonyl (C=O) groups excluding carboxylic acids is 3. The first-order chi connectivity index (χ1) is 20.2. The summed E-state index contributed by atoms with van der Waals surface area (Å²) in [4.78, 5) is 35.8. The summed E-state index contributed by atoms with van der Waals surface area (Å²) in [6.07, 6.45) is 12.8. The molecule has 2 N–H and O–H groups in total. The molecule has 0 radical (unpaired) electrons. The molecule has 0 aromatic carbocycles. The van der Waals surface area contributed by atoms with Crippen molar-refractivity contribution in [2.75, 3.05) is 33.9 Å². The second kappa shape index (κ2) is 15.4. The average molecular weight is 606 g/mol. The highest BCUT2D eigenvalue weighted by Gasteiger charge is 2.68. The Morgan fingerprint density at radius 1 is 1.16 bits per heavy atom. The first-order valence-electron chi connectivity index (χ1n) is 16.1. The number of rotatable bonds is 12.